The first-order valence-electron chi connectivity index (χ1n) is 7.94. The molecule has 0 saturated carbocycles. The van der Waals surface area contributed by atoms with Crippen LogP contribution in [0.25, 0.3) is 11.3 Å². The van der Waals surface area contributed by atoms with Gasteiger partial charge in [-0.3, -0.25) is 4.79 Å². The molecular weight excluding hydrogens is 404 g/mol. The summed E-state index contributed by atoms with van der Waals surface area (Å²) in [5.41, 5.74) is 2.49. The van der Waals surface area contributed by atoms with Crippen molar-refractivity contribution in [3.63, 3.8) is 0 Å². The first kappa shape index (κ1) is 19.5. The van der Waals surface area contributed by atoms with E-state index in [0.717, 1.165) is 15.6 Å². The fourth-order valence-corrected chi connectivity index (χ4v) is 4.04. The third-order valence-electron chi connectivity index (χ3n) is 3.59. The molecule has 0 aliphatic heterocycles. The van der Waals surface area contributed by atoms with Gasteiger partial charge in [-0.1, -0.05) is 35.5 Å². The molecule has 2 aromatic carbocycles. The minimum absolute atomic E-state index is 0.126. The van der Waals surface area contributed by atoms with E-state index in [0.29, 0.717) is 22.2 Å². The van der Waals surface area contributed by atoms with Crippen LogP contribution in [0, 0.1) is 0 Å². The van der Waals surface area contributed by atoms with Gasteiger partial charge >= 0.3 is 0 Å². The number of amides is 1. The number of methoxy groups -OCH3 is 2. The predicted octanol–water partition coefficient (Wildman–Crippen LogP) is 5.21. The van der Waals surface area contributed by atoms with Crippen LogP contribution >= 0.6 is 34.7 Å². The zero-order valence-electron chi connectivity index (χ0n) is 14.7. The van der Waals surface area contributed by atoms with Gasteiger partial charge in [-0.25, -0.2) is 4.98 Å². The van der Waals surface area contributed by atoms with E-state index >= 15 is 0 Å². The van der Waals surface area contributed by atoms with E-state index in [1.807, 2.05) is 29.6 Å². The van der Waals surface area contributed by atoms with Gasteiger partial charge in [0.1, 0.15) is 11.5 Å². The molecule has 0 aliphatic rings. The SMILES string of the molecule is COc1cc(NC(=O)CSc2nc(-c3ccc(Cl)cc3)cs2)cc(OC)c1. The average molecular weight is 421 g/mol. The fraction of sp³-hybridized carbons (Fsp3) is 0.158. The topological polar surface area (TPSA) is 60.5 Å². The molecule has 3 aromatic rings. The van der Waals surface area contributed by atoms with Crippen LogP contribution in [0.2, 0.25) is 5.02 Å². The molecule has 1 aromatic heterocycles. The number of hydrogen-bond donors (Lipinski definition) is 1. The summed E-state index contributed by atoms with van der Waals surface area (Å²) in [5.74, 6) is 1.36. The van der Waals surface area contributed by atoms with Crippen molar-refractivity contribution in [2.45, 2.75) is 4.34 Å². The van der Waals surface area contributed by atoms with E-state index in [2.05, 4.69) is 10.3 Å². The molecular formula is C19H17ClN2O3S2. The highest BCUT2D eigenvalue weighted by Gasteiger charge is 2.10. The lowest BCUT2D eigenvalue weighted by Gasteiger charge is -2.09. The van der Waals surface area contributed by atoms with Crippen molar-refractivity contribution >= 4 is 46.3 Å². The molecule has 140 valence electrons. The van der Waals surface area contributed by atoms with Crippen molar-refractivity contribution in [3.8, 4) is 22.8 Å². The van der Waals surface area contributed by atoms with E-state index in [4.69, 9.17) is 21.1 Å². The zero-order chi connectivity index (χ0) is 19.2. The minimum Gasteiger partial charge on any atom is -0.497 e. The Morgan fingerprint density at radius 2 is 1.81 bits per heavy atom. The summed E-state index contributed by atoms with van der Waals surface area (Å²) in [7, 11) is 3.13. The molecule has 0 bridgehead atoms. The standard InChI is InChI=1S/C19H17ClN2O3S2/c1-24-15-7-14(8-16(9-15)25-2)21-18(23)11-27-19-22-17(10-26-19)12-3-5-13(20)6-4-12/h3-10H,11H2,1-2H3,(H,21,23). The van der Waals surface area contributed by atoms with Crippen LogP contribution in [-0.4, -0.2) is 30.9 Å². The lowest BCUT2D eigenvalue weighted by molar-refractivity contribution is -0.113. The summed E-state index contributed by atoms with van der Waals surface area (Å²) in [6.45, 7) is 0. The number of carbonyl (C=O) groups is 1. The van der Waals surface area contributed by atoms with Gasteiger partial charge in [0.2, 0.25) is 5.91 Å². The molecule has 1 amide bonds. The van der Waals surface area contributed by atoms with Crippen LogP contribution in [-0.2, 0) is 4.79 Å². The number of aromatic nitrogens is 1. The maximum atomic E-state index is 12.2. The minimum atomic E-state index is -0.126. The molecule has 8 heteroatoms. The van der Waals surface area contributed by atoms with Crippen LogP contribution in [0.1, 0.15) is 0 Å². The van der Waals surface area contributed by atoms with Crippen molar-refractivity contribution in [1.29, 1.82) is 0 Å². The second-order valence-electron chi connectivity index (χ2n) is 5.44. The smallest absolute Gasteiger partial charge is 0.234 e. The molecule has 0 saturated heterocycles. The fourth-order valence-electron chi connectivity index (χ4n) is 2.28. The van der Waals surface area contributed by atoms with Gasteiger partial charge in [-0.05, 0) is 12.1 Å². The van der Waals surface area contributed by atoms with Crippen molar-refractivity contribution in [2.24, 2.45) is 0 Å². The van der Waals surface area contributed by atoms with Crippen LogP contribution in [0.5, 0.6) is 11.5 Å². The highest BCUT2D eigenvalue weighted by Crippen LogP contribution is 2.30. The molecule has 0 radical (unpaired) electrons. The van der Waals surface area contributed by atoms with E-state index < -0.39 is 0 Å². The highest BCUT2D eigenvalue weighted by atomic mass is 35.5. The van der Waals surface area contributed by atoms with Gasteiger partial charge in [-0.2, -0.15) is 0 Å². The Balaban J connectivity index is 1.59. The number of thiazole rings is 1. The summed E-state index contributed by atoms with van der Waals surface area (Å²) >= 11 is 8.81. The van der Waals surface area contributed by atoms with Crippen molar-refractivity contribution < 1.29 is 14.3 Å². The number of halogens is 1. The van der Waals surface area contributed by atoms with E-state index in [9.17, 15) is 4.79 Å². The molecule has 1 heterocycles. The maximum Gasteiger partial charge on any atom is 0.234 e. The molecule has 0 fully saturated rings. The van der Waals surface area contributed by atoms with Crippen molar-refractivity contribution in [3.05, 3.63) is 52.9 Å². The maximum absolute atomic E-state index is 12.2. The largest absolute Gasteiger partial charge is 0.497 e. The Morgan fingerprint density at radius 1 is 1.15 bits per heavy atom. The number of nitrogens with one attached hydrogen (secondary N) is 1. The lowest BCUT2D eigenvalue weighted by atomic mass is 10.2. The number of ether oxygens (including phenoxy) is 2. The van der Waals surface area contributed by atoms with E-state index in [1.54, 1.807) is 32.4 Å². The second-order valence-corrected chi connectivity index (χ2v) is 7.96. The summed E-state index contributed by atoms with van der Waals surface area (Å²) in [4.78, 5) is 16.8. The van der Waals surface area contributed by atoms with Gasteiger partial charge in [-0.15, -0.1) is 11.3 Å². The third-order valence-corrected chi connectivity index (χ3v) is 5.86. The first-order valence-corrected chi connectivity index (χ1v) is 10.2. The highest BCUT2D eigenvalue weighted by molar-refractivity contribution is 8.01. The normalized spacial score (nSPS) is 10.5. The summed E-state index contributed by atoms with van der Waals surface area (Å²) < 4.78 is 11.2. The Labute approximate surface area is 170 Å². The summed E-state index contributed by atoms with van der Waals surface area (Å²) in [6, 6.07) is 12.7. The molecule has 0 aliphatic carbocycles. The van der Waals surface area contributed by atoms with Gasteiger partial charge in [0.05, 0.1) is 25.7 Å². The van der Waals surface area contributed by atoms with Crippen LogP contribution < -0.4 is 14.8 Å². The van der Waals surface area contributed by atoms with E-state index in [1.165, 1.54) is 23.1 Å². The molecule has 5 nitrogen and oxygen atoms in total. The number of benzene rings is 2. The number of nitrogens with zero attached hydrogens (tertiary/aromatic N) is 1. The molecule has 1 N–H and O–H groups in total. The van der Waals surface area contributed by atoms with Crippen LogP contribution in [0.15, 0.2) is 52.2 Å². The Morgan fingerprint density at radius 3 is 2.44 bits per heavy atom. The van der Waals surface area contributed by atoms with Crippen LogP contribution in [0.4, 0.5) is 5.69 Å². The number of thioether (sulfide) groups is 1. The van der Waals surface area contributed by atoms with Gasteiger partial charge in [0, 0.05) is 39.9 Å². The van der Waals surface area contributed by atoms with E-state index in [-0.39, 0.29) is 11.7 Å². The lowest BCUT2D eigenvalue weighted by Crippen LogP contribution is -2.14. The Kier molecular flexibility index (Phi) is 6.60. The Bertz CT molecular complexity index is 907. The number of carbonyl (C=O) groups excluding carboxylic acids is 1. The number of anilines is 1. The summed E-state index contributed by atoms with van der Waals surface area (Å²) in [6.07, 6.45) is 0. The zero-order valence-corrected chi connectivity index (χ0v) is 17.1. The summed E-state index contributed by atoms with van der Waals surface area (Å²) in [5, 5.41) is 5.51. The monoisotopic (exact) mass is 420 g/mol. The first-order chi connectivity index (χ1) is 13.1. The molecule has 0 unspecified atom stereocenters. The molecule has 3 rings (SSSR count). The second kappa shape index (κ2) is 9.12. The predicted molar refractivity (Wildman–Crippen MR) is 111 cm³/mol. The van der Waals surface area contributed by atoms with Crippen LogP contribution in [0.3, 0.4) is 0 Å². The van der Waals surface area contributed by atoms with Gasteiger partial charge in [0.25, 0.3) is 0 Å². The molecule has 0 spiro atoms. The number of hydrogen-bond acceptors (Lipinski definition) is 6. The average Bonchev–Trinajstić information content (AvgIpc) is 3.15. The Hall–Kier alpha value is -2.22. The third kappa shape index (κ3) is 5.38. The number of rotatable bonds is 7. The molecule has 0 atom stereocenters. The van der Waals surface area contributed by atoms with Crippen molar-refractivity contribution in [2.75, 3.05) is 25.3 Å². The van der Waals surface area contributed by atoms with Gasteiger partial charge < -0.3 is 14.8 Å². The van der Waals surface area contributed by atoms with Crippen molar-refractivity contribution in [1.82, 2.24) is 4.98 Å². The van der Waals surface area contributed by atoms with Gasteiger partial charge in [0.15, 0.2) is 4.34 Å². The quantitative estimate of drug-likeness (QED) is 0.531. The molecule has 27 heavy (non-hydrogen) atoms.